The highest BCUT2D eigenvalue weighted by Crippen LogP contribution is 2.26. The Morgan fingerprint density at radius 3 is 2.52 bits per heavy atom. The fraction of sp³-hybridized carbons (Fsp3) is 0.111. The van der Waals surface area contributed by atoms with Crippen LogP contribution in [-0.4, -0.2) is 23.8 Å². The van der Waals surface area contributed by atoms with Gasteiger partial charge in [-0.3, -0.25) is 4.79 Å². The second kappa shape index (κ2) is 9.11. The highest BCUT2D eigenvalue weighted by Gasteiger charge is 2.07. The zero-order valence-corrected chi connectivity index (χ0v) is 14.6. The highest BCUT2D eigenvalue weighted by molar-refractivity contribution is 6.35. The van der Waals surface area contributed by atoms with Crippen LogP contribution >= 0.6 is 23.2 Å². The van der Waals surface area contributed by atoms with Crippen LogP contribution in [0.15, 0.2) is 48.7 Å². The van der Waals surface area contributed by atoms with Crippen LogP contribution in [-0.2, 0) is 11.4 Å². The summed E-state index contributed by atoms with van der Waals surface area (Å²) >= 11 is 12.2. The summed E-state index contributed by atoms with van der Waals surface area (Å²) in [6, 6.07) is 12.4. The molecule has 0 radical (unpaired) electrons. The van der Waals surface area contributed by atoms with Crippen molar-refractivity contribution in [2.75, 3.05) is 6.54 Å². The van der Waals surface area contributed by atoms with Crippen molar-refractivity contribution in [2.45, 2.75) is 6.61 Å². The Kier molecular flexibility index (Phi) is 6.86. The summed E-state index contributed by atoms with van der Waals surface area (Å²) in [6.07, 6.45) is 2.62. The predicted octanol–water partition coefficient (Wildman–Crippen LogP) is 4.24. The topological polar surface area (TPSA) is 82.4 Å². The minimum atomic E-state index is -0.978. The summed E-state index contributed by atoms with van der Waals surface area (Å²) in [7, 11) is 0. The average molecular weight is 379 g/mol. The van der Waals surface area contributed by atoms with Crippen molar-refractivity contribution in [3.05, 3.63) is 69.8 Å². The van der Waals surface area contributed by atoms with Gasteiger partial charge in [0.25, 0.3) is 0 Å². The van der Waals surface area contributed by atoms with E-state index in [1.54, 1.807) is 42.5 Å². The molecule has 0 fully saturated rings. The fourth-order valence-corrected chi connectivity index (χ4v) is 2.55. The van der Waals surface area contributed by atoms with Gasteiger partial charge >= 0.3 is 5.97 Å². The van der Waals surface area contributed by atoms with E-state index in [-0.39, 0.29) is 13.2 Å². The van der Waals surface area contributed by atoms with Gasteiger partial charge in [-0.15, -0.1) is 0 Å². The number of benzene rings is 2. The molecule has 0 saturated carbocycles. The van der Waals surface area contributed by atoms with E-state index in [0.29, 0.717) is 26.9 Å². The molecule has 0 bridgehead atoms. The van der Waals surface area contributed by atoms with E-state index in [9.17, 15) is 4.79 Å². The minimum absolute atomic E-state index is 0.211. The first kappa shape index (κ1) is 18.8. The summed E-state index contributed by atoms with van der Waals surface area (Å²) in [5.41, 5.74) is 1.94. The Morgan fingerprint density at radius 1 is 1.20 bits per heavy atom. The molecule has 3 N–H and O–H groups in total. The second-order valence-electron chi connectivity index (χ2n) is 5.04. The Labute approximate surface area is 155 Å². The number of rotatable bonds is 8. The molecule has 130 valence electrons. The van der Waals surface area contributed by atoms with E-state index in [1.807, 2.05) is 0 Å². The first-order chi connectivity index (χ1) is 12.0. The van der Waals surface area contributed by atoms with Gasteiger partial charge in [0.15, 0.2) is 0 Å². The van der Waals surface area contributed by atoms with Crippen LogP contribution in [0.2, 0.25) is 10.0 Å². The first-order valence-corrected chi connectivity index (χ1v) is 8.09. The average Bonchev–Trinajstić information content (AvgIpc) is 2.58. The second-order valence-corrected chi connectivity index (χ2v) is 5.85. The maximum absolute atomic E-state index is 10.5. The maximum atomic E-state index is 10.5. The van der Waals surface area contributed by atoms with Crippen LogP contribution in [0.1, 0.15) is 11.1 Å². The molecule has 2 rings (SSSR count). The van der Waals surface area contributed by atoms with Crippen molar-refractivity contribution in [3.8, 4) is 5.75 Å². The highest BCUT2D eigenvalue weighted by atomic mass is 35.5. The lowest BCUT2D eigenvalue weighted by Gasteiger charge is -2.11. The molecule has 2 aromatic rings. The number of nitrogens with one attached hydrogen (secondary N) is 2. The lowest BCUT2D eigenvalue weighted by Crippen LogP contribution is -2.17. The molecule has 25 heavy (non-hydrogen) atoms. The van der Waals surface area contributed by atoms with Crippen LogP contribution in [0.5, 0.6) is 5.75 Å². The number of allylic oxidation sites excluding steroid dienone is 1. The molecule has 2 aromatic carbocycles. The molecule has 0 aliphatic carbocycles. The van der Waals surface area contributed by atoms with Crippen LogP contribution < -0.4 is 10.1 Å². The van der Waals surface area contributed by atoms with Gasteiger partial charge in [0.1, 0.15) is 18.9 Å². The SMILES string of the molecule is N=C/C(=C\NCC(=O)O)c1cccc(OCc2c(Cl)cccc2Cl)c1. The van der Waals surface area contributed by atoms with Gasteiger partial charge in [0, 0.05) is 33.6 Å². The molecule has 0 amide bonds. The molecule has 0 saturated heterocycles. The van der Waals surface area contributed by atoms with E-state index < -0.39 is 5.97 Å². The molecule has 0 atom stereocenters. The van der Waals surface area contributed by atoms with Crippen molar-refractivity contribution in [2.24, 2.45) is 0 Å². The van der Waals surface area contributed by atoms with Crippen molar-refractivity contribution >= 4 is 41.0 Å². The molecule has 0 aliphatic heterocycles. The quantitative estimate of drug-likeness (QED) is 0.600. The summed E-state index contributed by atoms with van der Waals surface area (Å²) in [5, 5.41) is 19.8. The summed E-state index contributed by atoms with van der Waals surface area (Å²) in [5.74, 6) is -0.395. The van der Waals surface area contributed by atoms with Gasteiger partial charge in [-0.25, -0.2) is 0 Å². The smallest absolute Gasteiger partial charge is 0.322 e. The standard InChI is InChI=1S/C18H16Cl2N2O3/c19-16-5-2-6-17(20)15(16)11-25-14-4-1-3-12(7-14)13(8-21)9-22-10-18(23)24/h1-9,21-22H,10-11H2,(H,23,24)/b13-9+,21-8?. The van der Waals surface area contributed by atoms with E-state index >= 15 is 0 Å². The number of halogens is 2. The summed E-state index contributed by atoms with van der Waals surface area (Å²) in [4.78, 5) is 10.5. The molecule has 0 heterocycles. The molecular formula is C18H16Cl2N2O3. The van der Waals surface area contributed by atoms with Crippen molar-refractivity contribution < 1.29 is 14.6 Å². The number of ether oxygens (including phenoxy) is 1. The maximum Gasteiger partial charge on any atom is 0.322 e. The molecular weight excluding hydrogens is 363 g/mol. The van der Waals surface area contributed by atoms with Crippen molar-refractivity contribution in [1.82, 2.24) is 5.32 Å². The third-order valence-electron chi connectivity index (χ3n) is 3.28. The van der Waals surface area contributed by atoms with Crippen molar-refractivity contribution in [1.29, 1.82) is 5.41 Å². The van der Waals surface area contributed by atoms with Gasteiger partial charge in [-0.1, -0.05) is 41.4 Å². The van der Waals surface area contributed by atoms with E-state index in [1.165, 1.54) is 6.20 Å². The first-order valence-electron chi connectivity index (χ1n) is 7.33. The number of carboxylic acid groups (broad SMARTS) is 1. The lowest BCUT2D eigenvalue weighted by atomic mass is 10.1. The third kappa shape index (κ3) is 5.52. The Bertz CT molecular complexity index is 786. The van der Waals surface area contributed by atoms with Crippen LogP contribution in [0.25, 0.3) is 5.57 Å². The lowest BCUT2D eigenvalue weighted by molar-refractivity contribution is -0.135. The largest absolute Gasteiger partial charge is 0.489 e. The molecule has 0 unspecified atom stereocenters. The predicted molar refractivity (Wildman–Crippen MR) is 99.6 cm³/mol. The summed E-state index contributed by atoms with van der Waals surface area (Å²) < 4.78 is 5.75. The third-order valence-corrected chi connectivity index (χ3v) is 3.99. The fourth-order valence-electron chi connectivity index (χ4n) is 2.05. The van der Waals surface area contributed by atoms with Gasteiger partial charge in [-0.05, 0) is 29.8 Å². The van der Waals surface area contributed by atoms with Crippen LogP contribution in [0, 0.1) is 5.41 Å². The monoisotopic (exact) mass is 378 g/mol. The molecule has 0 aliphatic rings. The molecule has 0 spiro atoms. The van der Waals surface area contributed by atoms with Crippen molar-refractivity contribution in [3.63, 3.8) is 0 Å². The number of carbonyl (C=O) groups is 1. The van der Waals surface area contributed by atoms with Gasteiger partial charge < -0.3 is 20.6 Å². The normalized spacial score (nSPS) is 11.0. The van der Waals surface area contributed by atoms with Crippen LogP contribution in [0.4, 0.5) is 0 Å². The zero-order valence-electron chi connectivity index (χ0n) is 13.1. The van der Waals surface area contributed by atoms with Gasteiger partial charge in [0.2, 0.25) is 0 Å². The Hall–Kier alpha value is -2.50. The number of carboxylic acids is 1. The minimum Gasteiger partial charge on any atom is -0.489 e. The number of hydrogen-bond donors (Lipinski definition) is 3. The Balaban J connectivity index is 2.12. The van der Waals surface area contributed by atoms with E-state index in [0.717, 1.165) is 11.8 Å². The molecule has 7 heteroatoms. The molecule has 0 aromatic heterocycles. The molecule has 5 nitrogen and oxygen atoms in total. The summed E-state index contributed by atoms with van der Waals surface area (Å²) in [6.45, 7) is -0.0125. The Morgan fingerprint density at radius 2 is 1.88 bits per heavy atom. The zero-order chi connectivity index (χ0) is 18.2. The van der Waals surface area contributed by atoms with Gasteiger partial charge in [-0.2, -0.15) is 0 Å². The van der Waals surface area contributed by atoms with E-state index in [4.69, 9.17) is 38.5 Å². The van der Waals surface area contributed by atoms with Crippen LogP contribution in [0.3, 0.4) is 0 Å². The number of hydrogen-bond acceptors (Lipinski definition) is 4. The van der Waals surface area contributed by atoms with E-state index in [2.05, 4.69) is 5.32 Å². The van der Waals surface area contributed by atoms with Gasteiger partial charge in [0.05, 0.1) is 0 Å². The number of aliphatic carboxylic acids is 1.